The Balaban J connectivity index is 3.27. The summed E-state index contributed by atoms with van der Waals surface area (Å²) < 4.78 is 0. The van der Waals surface area contributed by atoms with Gasteiger partial charge in [0.2, 0.25) is 0 Å². The molecule has 0 aliphatic carbocycles. The fourth-order valence-corrected chi connectivity index (χ4v) is 3.28. The second-order valence-corrected chi connectivity index (χ2v) is 6.37. The summed E-state index contributed by atoms with van der Waals surface area (Å²) in [5, 5.41) is 2.25. The van der Waals surface area contributed by atoms with Crippen LogP contribution in [0.4, 0.5) is 0 Å². The molecule has 17 heavy (non-hydrogen) atoms. The molecule has 0 amide bonds. The van der Waals surface area contributed by atoms with Gasteiger partial charge in [0.1, 0.15) is 0 Å². The molecule has 0 radical (unpaired) electrons. The summed E-state index contributed by atoms with van der Waals surface area (Å²) in [7, 11) is 4.04. The lowest BCUT2D eigenvalue weighted by Crippen LogP contribution is -2.77. The van der Waals surface area contributed by atoms with Crippen molar-refractivity contribution < 1.29 is 4.84 Å². The van der Waals surface area contributed by atoms with Crippen LogP contribution in [0.5, 0.6) is 0 Å². The summed E-state index contributed by atoms with van der Waals surface area (Å²) in [6, 6.07) is 0. The molecule has 1 saturated heterocycles. The van der Waals surface area contributed by atoms with Crippen LogP contribution in [-0.4, -0.2) is 47.3 Å². The molecule has 1 aliphatic rings. The van der Waals surface area contributed by atoms with Crippen LogP contribution in [0.25, 0.3) is 0 Å². The Morgan fingerprint density at radius 1 is 1.06 bits per heavy atom. The molecular formula is C14H30N2O. The van der Waals surface area contributed by atoms with E-state index < -0.39 is 0 Å². The van der Waals surface area contributed by atoms with Crippen LogP contribution >= 0.6 is 0 Å². The standard InChI is InChI=1S/C14H30N2O/c1-9-13(5)11-15(7)12(3,4)14(6,10-2)16(13)17-8/h9-11H2,1-8H3. The van der Waals surface area contributed by atoms with E-state index in [2.05, 4.69) is 58.6 Å². The highest BCUT2D eigenvalue weighted by molar-refractivity contribution is 5.11. The number of likely N-dealkylation sites (N-methyl/N-ethyl adjacent to an activating group) is 1. The third-order valence-electron chi connectivity index (χ3n) is 5.42. The zero-order valence-corrected chi connectivity index (χ0v) is 12.9. The lowest BCUT2D eigenvalue weighted by molar-refractivity contribution is -0.313. The average Bonchev–Trinajstić information content (AvgIpc) is 2.27. The first-order chi connectivity index (χ1) is 7.69. The first kappa shape index (κ1) is 14.9. The average molecular weight is 242 g/mol. The topological polar surface area (TPSA) is 15.7 Å². The van der Waals surface area contributed by atoms with Crippen molar-refractivity contribution >= 4 is 0 Å². The van der Waals surface area contributed by atoms with Crippen molar-refractivity contribution in [3.05, 3.63) is 0 Å². The largest absolute Gasteiger partial charge is 0.301 e. The Hall–Kier alpha value is -0.120. The minimum absolute atomic E-state index is 0.0273. The van der Waals surface area contributed by atoms with Gasteiger partial charge in [-0.15, -0.1) is 0 Å². The van der Waals surface area contributed by atoms with E-state index in [1.54, 1.807) is 0 Å². The Kier molecular flexibility index (Phi) is 3.98. The van der Waals surface area contributed by atoms with E-state index in [1.807, 2.05) is 7.11 Å². The van der Waals surface area contributed by atoms with Crippen molar-refractivity contribution in [1.82, 2.24) is 9.96 Å². The summed E-state index contributed by atoms with van der Waals surface area (Å²) in [5.41, 5.74) is 0.218. The third kappa shape index (κ3) is 1.92. The van der Waals surface area contributed by atoms with E-state index in [9.17, 15) is 0 Å². The Labute approximate surface area is 107 Å². The van der Waals surface area contributed by atoms with E-state index in [0.717, 1.165) is 19.4 Å². The Morgan fingerprint density at radius 3 is 1.94 bits per heavy atom. The quantitative estimate of drug-likeness (QED) is 0.757. The van der Waals surface area contributed by atoms with E-state index in [4.69, 9.17) is 4.84 Å². The van der Waals surface area contributed by atoms with Crippen molar-refractivity contribution in [2.24, 2.45) is 0 Å². The molecule has 102 valence electrons. The normalized spacial score (nSPS) is 39.5. The van der Waals surface area contributed by atoms with Gasteiger partial charge in [-0.25, -0.2) is 0 Å². The lowest BCUT2D eigenvalue weighted by atomic mass is 9.71. The summed E-state index contributed by atoms with van der Waals surface area (Å²) in [4.78, 5) is 8.28. The summed E-state index contributed by atoms with van der Waals surface area (Å²) >= 11 is 0. The number of hydroxylamine groups is 2. The van der Waals surface area contributed by atoms with Gasteiger partial charge in [-0.1, -0.05) is 13.8 Å². The number of rotatable bonds is 3. The smallest absolute Gasteiger partial charge is 0.0616 e. The number of hydrogen-bond acceptors (Lipinski definition) is 3. The molecule has 2 atom stereocenters. The minimum atomic E-state index is 0.0273. The molecule has 1 fully saturated rings. The second kappa shape index (κ2) is 4.52. The minimum Gasteiger partial charge on any atom is -0.301 e. The van der Waals surface area contributed by atoms with Crippen molar-refractivity contribution in [2.75, 3.05) is 20.7 Å². The molecule has 0 saturated carbocycles. The maximum atomic E-state index is 5.79. The first-order valence-corrected chi connectivity index (χ1v) is 6.75. The highest BCUT2D eigenvalue weighted by Gasteiger charge is 2.57. The summed E-state index contributed by atoms with van der Waals surface area (Å²) in [5.74, 6) is 0. The van der Waals surface area contributed by atoms with Crippen molar-refractivity contribution in [3.63, 3.8) is 0 Å². The van der Waals surface area contributed by atoms with Crippen LogP contribution in [0, 0.1) is 0 Å². The molecule has 1 aliphatic heterocycles. The molecule has 0 aromatic carbocycles. The van der Waals surface area contributed by atoms with Crippen molar-refractivity contribution in [3.8, 4) is 0 Å². The molecular weight excluding hydrogens is 212 g/mol. The van der Waals surface area contributed by atoms with Crippen LogP contribution in [0.2, 0.25) is 0 Å². The van der Waals surface area contributed by atoms with Gasteiger partial charge in [-0.2, -0.15) is 5.06 Å². The van der Waals surface area contributed by atoms with E-state index in [0.29, 0.717) is 0 Å². The molecule has 1 rings (SSSR count). The maximum absolute atomic E-state index is 5.79. The third-order valence-corrected chi connectivity index (χ3v) is 5.42. The SMILES string of the molecule is CCC1(C)CN(C)C(C)(C)C(C)(CC)N1OC. The van der Waals surface area contributed by atoms with E-state index in [-0.39, 0.29) is 16.6 Å². The van der Waals surface area contributed by atoms with Gasteiger partial charge >= 0.3 is 0 Å². The van der Waals surface area contributed by atoms with Crippen LogP contribution in [0.3, 0.4) is 0 Å². The lowest BCUT2D eigenvalue weighted by Gasteiger charge is -2.64. The molecule has 0 N–H and O–H groups in total. The predicted octanol–water partition coefficient (Wildman–Crippen LogP) is 2.91. The fraction of sp³-hybridized carbons (Fsp3) is 1.00. The van der Waals surface area contributed by atoms with Crippen LogP contribution in [0.1, 0.15) is 54.4 Å². The van der Waals surface area contributed by atoms with Gasteiger partial charge in [0.15, 0.2) is 0 Å². The van der Waals surface area contributed by atoms with Crippen LogP contribution in [-0.2, 0) is 4.84 Å². The van der Waals surface area contributed by atoms with Gasteiger partial charge in [0.25, 0.3) is 0 Å². The van der Waals surface area contributed by atoms with E-state index in [1.165, 1.54) is 0 Å². The zero-order chi connectivity index (χ0) is 13.5. The van der Waals surface area contributed by atoms with Gasteiger partial charge < -0.3 is 4.84 Å². The van der Waals surface area contributed by atoms with E-state index >= 15 is 0 Å². The number of hydrogen-bond donors (Lipinski definition) is 0. The van der Waals surface area contributed by atoms with Gasteiger partial charge in [-0.3, -0.25) is 4.90 Å². The molecule has 3 heteroatoms. The molecule has 0 aromatic rings. The summed E-state index contributed by atoms with van der Waals surface area (Å²) in [6.07, 6.45) is 2.17. The van der Waals surface area contributed by atoms with Crippen molar-refractivity contribution in [1.29, 1.82) is 0 Å². The van der Waals surface area contributed by atoms with Gasteiger partial charge in [0, 0.05) is 12.1 Å². The Morgan fingerprint density at radius 2 is 1.59 bits per heavy atom. The molecule has 2 unspecified atom stereocenters. The summed E-state index contributed by atoms with van der Waals surface area (Å²) in [6.45, 7) is 14.8. The number of nitrogens with zero attached hydrogens (tertiary/aromatic N) is 2. The Bertz CT molecular complexity index is 279. The molecule has 0 bridgehead atoms. The highest BCUT2D eigenvalue weighted by atomic mass is 16.7. The molecule has 0 spiro atoms. The fourth-order valence-electron chi connectivity index (χ4n) is 3.28. The van der Waals surface area contributed by atoms with Gasteiger partial charge in [0.05, 0.1) is 18.2 Å². The maximum Gasteiger partial charge on any atom is 0.0616 e. The zero-order valence-electron chi connectivity index (χ0n) is 12.9. The first-order valence-electron chi connectivity index (χ1n) is 6.75. The van der Waals surface area contributed by atoms with Crippen LogP contribution in [0.15, 0.2) is 0 Å². The van der Waals surface area contributed by atoms with Crippen LogP contribution < -0.4 is 0 Å². The van der Waals surface area contributed by atoms with Crippen molar-refractivity contribution in [2.45, 2.75) is 71.0 Å². The second-order valence-electron chi connectivity index (χ2n) is 6.37. The molecule has 1 heterocycles. The monoisotopic (exact) mass is 242 g/mol. The number of piperazine rings is 1. The molecule has 3 nitrogen and oxygen atoms in total. The molecule has 0 aromatic heterocycles. The van der Waals surface area contributed by atoms with Gasteiger partial charge in [-0.05, 0) is 47.6 Å². The predicted molar refractivity (Wildman–Crippen MR) is 72.9 cm³/mol. The highest BCUT2D eigenvalue weighted by Crippen LogP contribution is 2.45.